The first kappa shape index (κ1) is 20.4. The Bertz CT molecular complexity index is 953. The van der Waals surface area contributed by atoms with Crippen LogP contribution >= 0.6 is 11.3 Å². The van der Waals surface area contributed by atoms with Crippen LogP contribution in [0.1, 0.15) is 19.0 Å². The Morgan fingerprint density at radius 3 is 2.76 bits per heavy atom. The SMILES string of the molecule is CCC(=O)C1=C(C(=O)O)N2C(=O)[C@@H](NC(=O)/C(=N/OC)c3csc(N)n3)CN2C1. The van der Waals surface area contributed by atoms with Gasteiger partial charge in [0.05, 0.1) is 0 Å². The summed E-state index contributed by atoms with van der Waals surface area (Å²) in [6.45, 7) is 1.59. The molecule has 3 heterocycles. The van der Waals surface area contributed by atoms with Crippen LogP contribution in [0.4, 0.5) is 5.13 Å². The first-order chi connectivity index (χ1) is 13.8. The number of Topliss-reactive ketones (excluding diaryl/α,β-unsaturated/α-hetero) is 1. The predicted octanol–water partition coefficient (Wildman–Crippen LogP) is -1.05. The largest absolute Gasteiger partial charge is 0.477 e. The number of fused-ring (bicyclic) bond motifs is 1. The number of aliphatic carboxylic acids is 1. The molecular weight excluding hydrogens is 404 g/mol. The second kappa shape index (κ2) is 7.97. The van der Waals surface area contributed by atoms with E-state index in [0.717, 1.165) is 16.3 Å². The Morgan fingerprint density at radius 1 is 1.48 bits per heavy atom. The van der Waals surface area contributed by atoms with Crippen LogP contribution in [0.3, 0.4) is 0 Å². The number of nitrogens with zero attached hydrogens (tertiary/aromatic N) is 4. The first-order valence-electron chi connectivity index (χ1n) is 8.50. The number of rotatable bonds is 7. The number of thiazole rings is 1. The lowest BCUT2D eigenvalue weighted by molar-refractivity contribution is -0.143. The number of carbonyl (C=O) groups is 4. The molecular formula is C16H18N6O6S. The van der Waals surface area contributed by atoms with E-state index in [4.69, 9.17) is 5.73 Å². The van der Waals surface area contributed by atoms with E-state index >= 15 is 0 Å². The number of nitrogens with two attached hydrogens (primary N) is 1. The van der Waals surface area contributed by atoms with Crippen LogP contribution in [0, 0.1) is 0 Å². The molecule has 1 atom stereocenters. The first-order valence-corrected chi connectivity index (χ1v) is 9.38. The molecule has 1 aromatic rings. The molecule has 2 aliphatic rings. The highest BCUT2D eigenvalue weighted by Gasteiger charge is 2.49. The molecule has 29 heavy (non-hydrogen) atoms. The van der Waals surface area contributed by atoms with Crippen molar-refractivity contribution in [2.45, 2.75) is 19.4 Å². The van der Waals surface area contributed by atoms with E-state index < -0.39 is 23.8 Å². The summed E-state index contributed by atoms with van der Waals surface area (Å²) in [4.78, 5) is 57.8. The number of aromatic nitrogens is 1. The van der Waals surface area contributed by atoms with Gasteiger partial charge in [-0.15, -0.1) is 11.3 Å². The van der Waals surface area contributed by atoms with Crippen LogP contribution in [0.2, 0.25) is 0 Å². The van der Waals surface area contributed by atoms with Gasteiger partial charge in [-0.05, 0) is 0 Å². The van der Waals surface area contributed by atoms with Crippen LogP contribution in [-0.2, 0) is 24.0 Å². The zero-order valence-corrected chi connectivity index (χ0v) is 16.4. The Kier molecular flexibility index (Phi) is 5.61. The Morgan fingerprint density at radius 2 is 2.21 bits per heavy atom. The summed E-state index contributed by atoms with van der Waals surface area (Å²) in [7, 11) is 1.25. The van der Waals surface area contributed by atoms with Crippen LogP contribution in [-0.4, -0.2) is 75.6 Å². The summed E-state index contributed by atoms with van der Waals surface area (Å²) in [5, 5.41) is 19.7. The molecule has 3 rings (SSSR count). The number of hydrazine groups is 1. The quantitative estimate of drug-likeness (QED) is 0.367. The van der Waals surface area contributed by atoms with Gasteiger partial charge in [0.25, 0.3) is 11.8 Å². The minimum atomic E-state index is -1.38. The summed E-state index contributed by atoms with van der Waals surface area (Å²) in [6.07, 6.45) is 0.121. The summed E-state index contributed by atoms with van der Waals surface area (Å²) >= 11 is 1.10. The number of nitrogen functional groups attached to an aromatic ring is 1. The molecule has 2 amide bonds. The van der Waals surface area contributed by atoms with E-state index in [0.29, 0.717) is 0 Å². The number of anilines is 1. The molecule has 1 aromatic heterocycles. The van der Waals surface area contributed by atoms with Crippen molar-refractivity contribution in [3.05, 3.63) is 22.3 Å². The molecule has 154 valence electrons. The molecule has 13 heteroatoms. The van der Waals surface area contributed by atoms with Crippen LogP contribution in [0.15, 0.2) is 21.8 Å². The van der Waals surface area contributed by atoms with E-state index in [1.54, 1.807) is 6.92 Å². The van der Waals surface area contributed by atoms with E-state index in [2.05, 4.69) is 20.3 Å². The molecule has 1 saturated heterocycles. The second-order valence-corrected chi connectivity index (χ2v) is 7.02. The molecule has 1 fully saturated rings. The minimum Gasteiger partial charge on any atom is -0.477 e. The fourth-order valence-electron chi connectivity index (χ4n) is 3.11. The van der Waals surface area contributed by atoms with Gasteiger partial charge >= 0.3 is 5.97 Å². The van der Waals surface area contributed by atoms with Crippen molar-refractivity contribution < 1.29 is 29.1 Å². The third-order valence-electron chi connectivity index (χ3n) is 4.35. The van der Waals surface area contributed by atoms with E-state index in [9.17, 15) is 24.3 Å². The van der Waals surface area contributed by atoms with Crippen molar-refractivity contribution >= 4 is 45.7 Å². The molecule has 0 aliphatic carbocycles. The number of carboxylic acids is 1. The van der Waals surface area contributed by atoms with Gasteiger partial charge in [0.2, 0.25) is 0 Å². The summed E-state index contributed by atoms with van der Waals surface area (Å²) in [6, 6.07) is -1.03. The van der Waals surface area contributed by atoms with Crippen molar-refractivity contribution in [1.29, 1.82) is 0 Å². The second-order valence-electron chi connectivity index (χ2n) is 6.13. The zero-order valence-electron chi connectivity index (χ0n) is 15.5. The molecule has 0 bridgehead atoms. The van der Waals surface area contributed by atoms with Gasteiger partial charge in [0, 0.05) is 30.5 Å². The predicted molar refractivity (Wildman–Crippen MR) is 100 cm³/mol. The fraction of sp³-hybridized carbons (Fsp3) is 0.375. The van der Waals surface area contributed by atoms with Crippen LogP contribution < -0.4 is 11.1 Å². The smallest absolute Gasteiger partial charge is 0.354 e. The lowest BCUT2D eigenvalue weighted by Gasteiger charge is -2.19. The monoisotopic (exact) mass is 422 g/mol. The number of carboxylic acid groups (broad SMARTS) is 1. The lowest BCUT2D eigenvalue weighted by Crippen LogP contribution is -2.46. The maximum absolute atomic E-state index is 12.8. The Labute approximate surface area is 168 Å². The van der Waals surface area contributed by atoms with Gasteiger partial charge in [-0.1, -0.05) is 12.1 Å². The Balaban J connectivity index is 1.81. The van der Waals surface area contributed by atoms with E-state index in [1.807, 2.05) is 0 Å². The average Bonchev–Trinajstić information content (AvgIpc) is 3.34. The number of hydrogen-bond acceptors (Lipinski definition) is 10. The molecule has 0 spiro atoms. The number of carbonyl (C=O) groups excluding carboxylic acids is 3. The van der Waals surface area contributed by atoms with Crippen molar-refractivity contribution in [3.63, 3.8) is 0 Å². The fourth-order valence-corrected chi connectivity index (χ4v) is 3.66. The van der Waals surface area contributed by atoms with Crippen molar-refractivity contribution in [3.8, 4) is 0 Å². The lowest BCUT2D eigenvalue weighted by atomic mass is 10.1. The number of amides is 2. The van der Waals surface area contributed by atoms with Gasteiger partial charge in [-0.3, -0.25) is 14.4 Å². The third kappa shape index (κ3) is 3.69. The highest BCUT2D eigenvalue weighted by atomic mass is 32.1. The molecule has 4 N–H and O–H groups in total. The molecule has 0 radical (unpaired) electrons. The van der Waals surface area contributed by atoms with Gasteiger partial charge in [-0.25, -0.2) is 19.8 Å². The van der Waals surface area contributed by atoms with Crippen molar-refractivity contribution in [1.82, 2.24) is 20.3 Å². The third-order valence-corrected chi connectivity index (χ3v) is 5.02. The van der Waals surface area contributed by atoms with Gasteiger partial charge in [0.15, 0.2) is 22.3 Å². The summed E-state index contributed by atoms with van der Waals surface area (Å²) in [5.41, 5.74) is 5.27. The zero-order chi connectivity index (χ0) is 21.3. The highest BCUT2D eigenvalue weighted by Crippen LogP contribution is 2.30. The standard InChI is InChI=1S/C16H18N6O6S/c1-3-10(23)7-4-21-5-8(14(25)22(21)12(7)15(26)27)18-13(24)11(20-28-2)9-6-29-16(17)19-9/h6,8H,3-5H2,1-2H3,(H2,17,19)(H,18,24)(H,26,27)/b20-11+/t8-/m0/s1. The minimum absolute atomic E-state index is 0.00130. The van der Waals surface area contributed by atoms with Crippen molar-refractivity contribution in [2.24, 2.45) is 5.16 Å². The summed E-state index contributed by atoms with van der Waals surface area (Å²) < 4.78 is 0. The highest BCUT2D eigenvalue weighted by molar-refractivity contribution is 7.13. The van der Waals surface area contributed by atoms with Gasteiger partial charge in [-0.2, -0.15) is 0 Å². The summed E-state index contributed by atoms with van der Waals surface area (Å²) in [5.74, 6) is -3.13. The van der Waals surface area contributed by atoms with E-state index in [1.165, 1.54) is 17.5 Å². The maximum atomic E-state index is 12.8. The number of ketones is 1. The van der Waals surface area contributed by atoms with E-state index in [-0.39, 0.29) is 53.1 Å². The van der Waals surface area contributed by atoms with Crippen molar-refractivity contribution in [2.75, 3.05) is 25.9 Å². The molecule has 0 aromatic carbocycles. The number of nitrogens with one attached hydrogen (secondary N) is 1. The molecule has 2 aliphatic heterocycles. The van der Waals surface area contributed by atoms with Gasteiger partial charge < -0.3 is 21.0 Å². The normalized spacial score (nSPS) is 19.5. The molecule has 12 nitrogen and oxygen atoms in total. The molecule has 0 unspecified atom stereocenters. The number of oxime groups is 1. The van der Waals surface area contributed by atoms with Crippen LogP contribution in [0.5, 0.6) is 0 Å². The average molecular weight is 422 g/mol. The van der Waals surface area contributed by atoms with Crippen LogP contribution in [0.25, 0.3) is 0 Å². The van der Waals surface area contributed by atoms with Gasteiger partial charge in [0.1, 0.15) is 18.8 Å². The number of hydrogen-bond donors (Lipinski definition) is 3. The Hall–Kier alpha value is -3.32. The molecule has 0 saturated carbocycles. The topological polar surface area (TPSA) is 168 Å². The maximum Gasteiger partial charge on any atom is 0.354 e.